The molecule has 0 fully saturated rings. The van der Waals surface area contributed by atoms with Crippen LogP contribution in [0.2, 0.25) is 0 Å². The predicted molar refractivity (Wildman–Crippen MR) is 60.5 cm³/mol. The topological polar surface area (TPSA) is 16.1 Å². The van der Waals surface area contributed by atoms with Crippen LogP contribution in [0.15, 0.2) is 24.4 Å². The van der Waals surface area contributed by atoms with Crippen LogP contribution >= 0.6 is 11.6 Å². The number of rotatable bonds is 5. The Hall–Kier alpha value is -0.600. The molecular formula is C11H17ClN2. The molecule has 0 aliphatic carbocycles. The molecule has 1 heterocycles. The summed E-state index contributed by atoms with van der Waals surface area (Å²) in [5.41, 5.74) is 1.11. The van der Waals surface area contributed by atoms with Crippen LogP contribution in [-0.4, -0.2) is 28.9 Å². The third kappa shape index (κ3) is 4.58. The van der Waals surface area contributed by atoms with Crippen molar-refractivity contribution >= 4 is 11.6 Å². The van der Waals surface area contributed by atoms with E-state index in [-0.39, 0.29) is 5.38 Å². The van der Waals surface area contributed by atoms with Crippen molar-refractivity contribution in [3.8, 4) is 0 Å². The molecule has 2 nitrogen and oxygen atoms in total. The van der Waals surface area contributed by atoms with Crippen molar-refractivity contribution in [2.75, 3.05) is 13.6 Å². The molecule has 1 aromatic heterocycles. The van der Waals surface area contributed by atoms with Gasteiger partial charge in [-0.05, 0) is 39.1 Å². The molecule has 1 aromatic rings. The van der Waals surface area contributed by atoms with Gasteiger partial charge in [-0.15, -0.1) is 11.6 Å². The van der Waals surface area contributed by atoms with Crippen molar-refractivity contribution in [2.24, 2.45) is 0 Å². The maximum Gasteiger partial charge on any atom is 0.0543 e. The monoisotopic (exact) mass is 212 g/mol. The maximum absolute atomic E-state index is 5.88. The van der Waals surface area contributed by atoms with Crippen LogP contribution in [0.1, 0.15) is 19.0 Å². The maximum atomic E-state index is 5.88. The highest BCUT2D eigenvalue weighted by Gasteiger charge is 2.02. The fraction of sp³-hybridized carbons (Fsp3) is 0.545. The van der Waals surface area contributed by atoms with Crippen LogP contribution in [0.25, 0.3) is 0 Å². The van der Waals surface area contributed by atoms with E-state index < -0.39 is 0 Å². The van der Waals surface area contributed by atoms with E-state index in [1.807, 2.05) is 31.3 Å². The molecule has 78 valence electrons. The summed E-state index contributed by atoms with van der Waals surface area (Å²) in [4.78, 5) is 6.51. The van der Waals surface area contributed by atoms with Crippen molar-refractivity contribution in [3.05, 3.63) is 30.1 Å². The number of nitrogens with zero attached hydrogens (tertiary/aromatic N) is 2. The second kappa shape index (κ2) is 5.99. The normalized spacial score (nSPS) is 13.1. The first kappa shape index (κ1) is 11.5. The fourth-order valence-electron chi connectivity index (χ4n) is 1.25. The Balaban J connectivity index is 2.30. The lowest BCUT2D eigenvalue weighted by atomic mass is 10.3. The van der Waals surface area contributed by atoms with E-state index in [2.05, 4.69) is 16.9 Å². The van der Waals surface area contributed by atoms with Crippen LogP contribution in [0.3, 0.4) is 0 Å². The van der Waals surface area contributed by atoms with Gasteiger partial charge in [-0.25, -0.2) is 0 Å². The molecule has 0 aliphatic heterocycles. The molecule has 14 heavy (non-hydrogen) atoms. The summed E-state index contributed by atoms with van der Waals surface area (Å²) in [5, 5.41) is 0.251. The summed E-state index contributed by atoms with van der Waals surface area (Å²) < 4.78 is 0. The highest BCUT2D eigenvalue weighted by Crippen LogP contribution is 2.04. The predicted octanol–water partition coefficient (Wildman–Crippen LogP) is 2.53. The molecule has 0 aromatic carbocycles. The van der Waals surface area contributed by atoms with Gasteiger partial charge in [0.15, 0.2) is 0 Å². The molecule has 0 aliphatic rings. The van der Waals surface area contributed by atoms with Crippen LogP contribution in [0.5, 0.6) is 0 Å². The summed E-state index contributed by atoms with van der Waals surface area (Å²) in [5.74, 6) is 0. The van der Waals surface area contributed by atoms with Gasteiger partial charge in [-0.1, -0.05) is 6.07 Å². The van der Waals surface area contributed by atoms with Crippen molar-refractivity contribution < 1.29 is 0 Å². The number of alkyl halides is 1. The number of halogens is 1. The molecule has 0 radical (unpaired) electrons. The highest BCUT2D eigenvalue weighted by atomic mass is 35.5. The number of hydrogen-bond acceptors (Lipinski definition) is 2. The molecule has 0 spiro atoms. The Morgan fingerprint density at radius 2 is 2.29 bits per heavy atom. The van der Waals surface area contributed by atoms with Crippen molar-refractivity contribution in [1.29, 1.82) is 0 Å². The third-order valence-corrected chi connectivity index (χ3v) is 2.28. The second-order valence-electron chi connectivity index (χ2n) is 3.63. The summed E-state index contributed by atoms with van der Waals surface area (Å²) in [6.45, 7) is 3.93. The van der Waals surface area contributed by atoms with Gasteiger partial charge in [-0.2, -0.15) is 0 Å². The van der Waals surface area contributed by atoms with E-state index in [0.29, 0.717) is 0 Å². The minimum Gasteiger partial charge on any atom is -0.300 e. The molecule has 0 saturated heterocycles. The van der Waals surface area contributed by atoms with Gasteiger partial charge < -0.3 is 4.90 Å². The Kier molecular flexibility index (Phi) is 4.91. The fourth-order valence-corrected chi connectivity index (χ4v) is 1.34. The van der Waals surface area contributed by atoms with E-state index in [1.54, 1.807) is 0 Å². The Morgan fingerprint density at radius 1 is 1.50 bits per heavy atom. The van der Waals surface area contributed by atoms with E-state index in [1.165, 1.54) is 0 Å². The molecule has 0 bridgehead atoms. The van der Waals surface area contributed by atoms with Gasteiger partial charge in [0.25, 0.3) is 0 Å². The summed E-state index contributed by atoms with van der Waals surface area (Å²) in [6, 6.07) is 5.99. The summed E-state index contributed by atoms with van der Waals surface area (Å²) in [7, 11) is 2.09. The lowest BCUT2D eigenvalue weighted by Gasteiger charge is -2.16. The van der Waals surface area contributed by atoms with E-state index in [0.717, 1.165) is 25.2 Å². The summed E-state index contributed by atoms with van der Waals surface area (Å²) >= 11 is 5.88. The van der Waals surface area contributed by atoms with Crippen molar-refractivity contribution in [2.45, 2.75) is 25.3 Å². The van der Waals surface area contributed by atoms with Crippen molar-refractivity contribution in [3.63, 3.8) is 0 Å². The zero-order valence-electron chi connectivity index (χ0n) is 8.78. The average molecular weight is 213 g/mol. The second-order valence-corrected chi connectivity index (χ2v) is 4.37. The number of hydrogen-bond donors (Lipinski definition) is 0. The van der Waals surface area contributed by atoms with E-state index >= 15 is 0 Å². The number of pyridine rings is 1. The molecule has 1 rings (SSSR count). The first-order valence-corrected chi connectivity index (χ1v) is 5.34. The van der Waals surface area contributed by atoms with Gasteiger partial charge in [-0.3, -0.25) is 4.98 Å². The minimum absolute atomic E-state index is 0.251. The van der Waals surface area contributed by atoms with Gasteiger partial charge in [0.1, 0.15) is 0 Å². The molecule has 1 atom stereocenters. The Morgan fingerprint density at radius 3 is 2.86 bits per heavy atom. The van der Waals surface area contributed by atoms with Crippen LogP contribution < -0.4 is 0 Å². The Labute approximate surface area is 90.9 Å². The zero-order valence-corrected chi connectivity index (χ0v) is 9.54. The van der Waals surface area contributed by atoms with Gasteiger partial charge in [0, 0.05) is 18.1 Å². The minimum atomic E-state index is 0.251. The quantitative estimate of drug-likeness (QED) is 0.698. The standard InChI is InChI=1S/C11H17ClN2/c1-10(12)6-8-14(2)9-11-5-3-4-7-13-11/h3-5,7,10H,6,8-9H2,1-2H3. The SMILES string of the molecule is CC(Cl)CCN(C)Cc1ccccn1. The van der Waals surface area contributed by atoms with E-state index in [4.69, 9.17) is 11.6 Å². The van der Waals surface area contributed by atoms with Crippen molar-refractivity contribution in [1.82, 2.24) is 9.88 Å². The number of aromatic nitrogens is 1. The van der Waals surface area contributed by atoms with Crippen LogP contribution in [-0.2, 0) is 6.54 Å². The third-order valence-electron chi connectivity index (χ3n) is 2.07. The van der Waals surface area contributed by atoms with Gasteiger partial charge in [0.05, 0.1) is 5.69 Å². The highest BCUT2D eigenvalue weighted by molar-refractivity contribution is 6.20. The first-order valence-electron chi connectivity index (χ1n) is 4.91. The lowest BCUT2D eigenvalue weighted by Crippen LogP contribution is -2.21. The smallest absolute Gasteiger partial charge is 0.0543 e. The van der Waals surface area contributed by atoms with Gasteiger partial charge in [0.2, 0.25) is 0 Å². The first-order chi connectivity index (χ1) is 6.68. The molecule has 0 amide bonds. The van der Waals surface area contributed by atoms with E-state index in [9.17, 15) is 0 Å². The van der Waals surface area contributed by atoms with Crippen LogP contribution in [0, 0.1) is 0 Å². The largest absolute Gasteiger partial charge is 0.300 e. The molecule has 0 saturated carbocycles. The molecular weight excluding hydrogens is 196 g/mol. The lowest BCUT2D eigenvalue weighted by molar-refractivity contribution is 0.318. The summed E-state index contributed by atoms with van der Waals surface area (Å²) in [6.07, 6.45) is 2.85. The molecule has 0 N–H and O–H groups in total. The Bertz CT molecular complexity index is 249. The molecule has 1 unspecified atom stereocenters. The average Bonchev–Trinajstić information content (AvgIpc) is 2.16. The molecule has 3 heteroatoms. The van der Waals surface area contributed by atoms with Crippen LogP contribution in [0.4, 0.5) is 0 Å². The zero-order chi connectivity index (χ0) is 10.4. The van der Waals surface area contributed by atoms with Gasteiger partial charge >= 0.3 is 0 Å².